The Morgan fingerprint density at radius 2 is 1.24 bits per heavy atom. The van der Waals surface area contributed by atoms with Crippen molar-refractivity contribution in [2.75, 3.05) is 11.9 Å². The van der Waals surface area contributed by atoms with Gasteiger partial charge in [0.25, 0.3) is 0 Å². The van der Waals surface area contributed by atoms with Gasteiger partial charge in [0.05, 0.1) is 6.61 Å². The maximum Gasteiger partial charge on any atom is 0.119 e. The molecule has 3 nitrogen and oxygen atoms in total. The van der Waals surface area contributed by atoms with Crippen molar-refractivity contribution in [3.05, 3.63) is 189 Å². The molecule has 7 rings (SSSR count). The molecule has 6 aromatic carbocycles. The molecule has 0 aliphatic carbocycles. The van der Waals surface area contributed by atoms with Gasteiger partial charge in [-0.2, -0.15) is 0 Å². The van der Waals surface area contributed by atoms with E-state index in [4.69, 9.17) is 40.6 Å². The van der Waals surface area contributed by atoms with Crippen molar-refractivity contribution in [2.45, 2.75) is 12.8 Å². The predicted molar refractivity (Wildman–Crippen MR) is 243 cm³/mol. The number of hydrogen-bond acceptors (Lipinski definition) is 7. The van der Waals surface area contributed by atoms with Gasteiger partial charge in [-0.15, -0.1) is 15.7 Å². The number of nitrogens with zero attached hydrogens (tertiary/aromatic N) is 1. The van der Waals surface area contributed by atoms with E-state index >= 15 is 0 Å². The van der Waals surface area contributed by atoms with Crippen LogP contribution >= 0.6 is 87.6 Å². The van der Waals surface area contributed by atoms with Gasteiger partial charge in [-0.05, 0) is 112 Å². The fraction of sp³-hybridized carbons (Fsp3) is 0.0909. The lowest BCUT2D eigenvalue weighted by atomic mass is 10.1. The van der Waals surface area contributed by atoms with Crippen molar-refractivity contribution in [1.29, 1.82) is 0 Å². The van der Waals surface area contributed by atoms with Crippen molar-refractivity contribution in [2.24, 2.45) is 0 Å². The standard InChI is InChI=1S/C44H34BrCl2NO2S4/c45-27-25-29-9-15-34(16-10-29)43-44(38-6-2-4-8-40(38)47)54-48(53-43)52-42(41(51)37-5-1-3-7-39(37)46)33-13-11-30(12-14-33)26-28-50-36-23-19-32(20-24-36)31-17-21-35(49)22-18-31/h1-24,49,51H,25-28H2/b42-41-. The van der Waals surface area contributed by atoms with Crippen LogP contribution in [0.5, 0.6) is 11.5 Å². The van der Waals surface area contributed by atoms with Gasteiger partial charge in [-0.3, -0.25) is 0 Å². The molecule has 0 saturated heterocycles. The van der Waals surface area contributed by atoms with Gasteiger partial charge >= 0.3 is 0 Å². The van der Waals surface area contributed by atoms with E-state index in [2.05, 4.69) is 73.6 Å². The molecule has 1 aliphatic heterocycles. The molecular formula is C44H34BrCl2NO2S4. The molecule has 1 N–H and O–H groups in total. The number of thiol groups is 1. The highest BCUT2D eigenvalue weighted by atomic mass is 79.9. The molecule has 0 spiro atoms. The molecule has 0 amide bonds. The van der Waals surface area contributed by atoms with Gasteiger partial charge in [-0.1, -0.05) is 148 Å². The fourth-order valence-electron chi connectivity index (χ4n) is 5.81. The molecule has 0 aromatic heterocycles. The van der Waals surface area contributed by atoms with Crippen LogP contribution in [-0.4, -0.2) is 20.2 Å². The molecule has 0 bridgehead atoms. The number of aryl methyl sites for hydroxylation is 1. The minimum Gasteiger partial charge on any atom is -0.508 e. The normalized spacial score (nSPS) is 13.6. The number of aromatic hydroxyl groups is 1. The monoisotopic (exact) mass is 885 g/mol. The molecular weight excluding hydrogens is 854 g/mol. The van der Waals surface area contributed by atoms with Gasteiger partial charge < -0.3 is 9.84 Å². The first-order valence-electron chi connectivity index (χ1n) is 17.1. The van der Waals surface area contributed by atoms with Crippen molar-refractivity contribution in [3.8, 4) is 22.6 Å². The lowest BCUT2D eigenvalue weighted by molar-refractivity contribution is 0.322. The molecule has 1 heterocycles. The summed E-state index contributed by atoms with van der Waals surface area (Å²) in [4.78, 5) is 4.03. The van der Waals surface area contributed by atoms with Crippen LogP contribution in [0.1, 0.15) is 33.4 Å². The molecule has 6 aromatic rings. The van der Waals surface area contributed by atoms with Crippen molar-refractivity contribution in [1.82, 2.24) is 3.12 Å². The molecule has 0 radical (unpaired) electrons. The topological polar surface area (TPSA) is 32.7 Å². The van der Waals surface area contributed by atoms with E-state index in [1.54, 1.807) is 48.0 Å². The van der Waals surface area contributed by atoms with Crippen LogP contribution in [0.15, 0.2) is 146 Å². The minimum atomic E-state index is 0.256. The third kappa shape index (κ3) is 9.60. The summed E-state index contributed by atoms with van der Waals surface area (Å²) in [6.07, 6.45) is 1.73. The summed E-state index contributed by atoms with van der Waals surface area (Å²) in [7, 11) is 0. The maximum absolute atomic E-state index is 9.59. The Bertz CT molecular complexity index is 2280. The van der Waals surface area contributed by atoms with Crippen molar-refractivity contribution < 1.29 is 9.84 Å². The van der Waals surface area contributed by atoms with Gasteiger partial charge in [-0.25, -0.2) is 0 Å². The molecule has 0 atom stereocenters. The average molecular weight is 888 g/mol. The zero-order valence-electron chi connectivity index (χ0n) is 28.8. The number of phenols is 1. The molecule has 1 aliphatic rings. The summed E-state index contributed by atoms with van der Waals surface area (Å²) in [5, 5.41) is 11.9. The van der Waals surface area contributed by atoms with Gasteiger partial charge in [0.15, 0.2) is 0 Å². The second-order valence-electron chi connectivity index (χ2n) is 12.3. The Balaban J connectivity index is 1.10. The second kappa shape index (κ2) is 18.6. The smallest absolute Gasteiger partial charge is 0.119 e. The average Bonchev–Trinajstić information content (AvgIpc) is 3.62. The first-order valence-corrected chi connectivity index (χ1v) is 21.8. The summed E-state index contributed by atoms with van der Waals surface area (Å²) in [6.45, 7) is 0.546. The Morgan fingerprint density at radius 1 is 0.667 bits per heavy atom. The summed E-state index contributed by atoms with van der Waals surface area (Å²) in [5.74, 6) is 1.07. The van der Waals surface area contributed by atoms with Crippen LogP contribution in [0, 0.1) is 0 Å². The lowest BCUT2D eigenvalue weighted by Crippen LogP contribution is -2.01. The van der Waals surface area contributed by atoms with E-state index in [0.717, 1.165) is 76.9 Å². The van der Waals surface area contributed by atoms with E-state index in [0.29, 0.717) is 16.7 Å². The molecule has 54 heavy (non-hydrogen) atoms. The number of halogens is 3. The lowest BCUT2D eigenvalue weighted by Gasteiger charge is -2.18. The third-order valence-corrected chi connectivity index (χ3v) is 14.1. The molecule has 0 unspecified atom stereocenters. The largest absolute Gasteiger partial charge is 0.508 e. The van der Waals surface area contributed by atoms with E-state index in [9.17, 15) is 5.11 Å². The molecule has 10 heteroatoms. The SMILES string of the molecule is Oc1ccc(-c2ccc(OCCc3ccc(/C(SN4SC(c5ccc(CCBr)cc5)=C(c5ccccc5Cl)S4)=C(/S)c4ccccc4Cl)cc3)cc2)cc1. The quantitative estimate of drug-likeness (QED) is 0.0520. The van der Waals surface area contributed by atoms with E-state index in [-0.39, 0.29) is 5.75 Å². The highest BCUT2D eigenvalue weighted by molar-refractivity contribution is 9.09. The fourth-order valence-corrected chi connectivity index (χ4v) is 11.1. The number of rotatable bonds is 13. The Morgan fingerprint density at radius 3 is 1.91 bits per heavy atom. The first-order chi connectivity index (χ1) is 26.4. The summed E-state index contributed by atoms with van der Waals surface area (Å²) in [5.41, 5.74) is 8.62. The van der Waals surface area contributed by atoms with Gasteiger partial charge in [0, 0.05) is 52.5 Å². The number of benzene rings is 6. The Kier molecular flexibility index (Phi) is 13.5. The number of ether oxygens (including phenoxy) is 1. The third-order valence-electron chi connectivity index (χ3n) is 8.70. The predicted octanol–water partition coefficient (Wildman–Crippen LogP) is 14.5. The zero-order chi connectivity index (χ0) is 37.4. The zero-order valence-corrected chi connectivity index (χ0v) is 35.2. The number of alkyl halides is 1. The Labute approximate surface area is 353 Å². The van der Waals surface area contributed by atoms with Crippen molar-refractivity contribution in [3.63, 3.8) is 0 Å². The Hall–Kier alpha value is -3.18. The van der Waals surface area contributed by atoms with Gasteiger partial charge in [0.1, 0.15) is 11.5 Å². The maximum atomic E-state index is 9.59. The van der Waals surface area contributed by atoms with Crippen LogP contribution < -0.4 is 4.74 Å². The molecule has 272 valence electrons. The van der Waals surface area contributed by atoms with Gasteiger partial charge in [0.2, 0.25) is 0 Å². The molecule has 0 fully saturated rings. The number of phenolic OH excluding ortho intramolecular Hbond substituents is 1. The highest BCUT2D eigenvalue weighted by Crippen LogP contribution is 2.60. The minimum absolute atomic E-state index is 0.256. The second-order valence-corrected chi connectivity index (χ2v) is 17.9. The highest BCUT2D eigenvalue weighted by Gasteiger charge is 2.30. The molecule has 0 saturated carbocycles. The first kappa shape index (κ1) is 39.1. The van der Waals surface area contributed by atoms with E-state index in [1.165, 1.54) is 11.1 Å². The van der Waals surface area contributed by atoms with Crippen LogP contribution in [-0.2, 0) is 12.8 Å². The summed E-state index contributed by atoms with van der Waals surface area (Å²) in [6, 6.07) is 48.5. The number of hydrogen-bond donors (Lipinski definition) is 2. The van der Waals surface area contributed by atoms with Crippen LogP contribution in [0.4, 0.5) is 0 Å². The summed E-state index contributed by atoms with van der Waals surface area (Å²) < 4.78 is 8.33. The summed E-state index contributed by atoms with van der Waals surface area (Å²) >= 11 is 27.2. The van der Waals surface area contributed by atoms with E-state index < -0.39 is 0 Å². The van der Waals surface area contributed by atoms with Crippen LogP contribution in [0.25, 0.3) is 30.7 Å². The van der Waals surface area contributed by atoms with Crippen LogP contribution in [0.2, 0.25) is 10.0 Å². The van der Waals surface area contributed by atoms with E-state index in [1.807, 2.05) is 78.9 Å². The van der Waals surface area contributed by atoms with Crippen molar-refractivity contribution >= 4 is 107 Å². The van der Waals surface area contributed by atoms with Crippen LogP contribution in [0.3, 0.4) is 0 Å².